The summed E-state index contributed by atoms with van der Waals surface area (Å²) in [5.74, 6) is 0. The van der Waals surface area contributed by atoms with Gasteiger partial charge in [0.1, 0.15) is 12.7 Å². The van der Waals surface area contributed by atoms with Gasteiger partial charge in [-0.15, -0.1) is 0 Å². The molecule has 7 heteroatoms. The molecule has 0 saturated carbocycles. The van der Waals surface area contributed by atoms with Gasteiger partial charge in [-0.25, -0.2) is 18.1 Å². The lowest BCUT2D eigenvalue weighted by Gasteiger charge is -2.14. The largest absolute Gasteiger partial charge is 0.251 e. The fraction of sp³-hybridized carbons (Fsp3) is 0.333. The third-order valence-corrected chi connectivity index (χ3v) is 4.17. The van der Waals surface area contributed by atoms with Crippen molar-refractivity contribution in [3.05, 3.63) is 42.5 Å². The van der Waals surface area contributed by atoms with Crippen molar-refractivity contribution in [2.24, 2.45) is 0 Å². The van der Waals surface area contributed by atoms with E-state index in [1.54, 1.807) is 36.1 Å². The number of benzene rings is 1. The van der Waals surface area contributed by atoms with Crippen LogP contribution in [0, 0.1) is 6.92 Å². The smallest absolute Gasteiger partial charge is 0.240 e. The normalized spacial score (nSPS) is 13.4. The number of aryl methyl sites for hydroxylation is 1. The Balaban J connectivity index is 2.09. The summed E-state index contributed by atoms with van der Waals surface area (Å²) in [6.45, 7) is 4.08. The fourth-order valence-corrected chi connectivity index (χ4v) is 3.10. The first-order valence-electron chi connectivity index (χ1n) is 5.89. The molecule has 0 aliphatic carbocycles. The van der Waals surface area contributed by atoms with Gasteiger partial charge in [0, 0.05) is 6.04 Å². The second kappa shape index (κ2) is 5.50. The van der Waals surface area contributed by atoms with E-state index >= 15 is 0 Å². The van der Waals surface area contributed by atoms with Gasteiger partial charge in [-0.2, -0.15) is 5.10 Å². The summed E-state index contributed by atoms with van der Waals surface area (Å²) < 4.78 is 28.5. The number of nitrogens with zero attached hydrogens (tertiary/aromatic N) is 3. The molecule has 0 amide bonds. The summed E-state index contributed by atoms with van der Waals surface area (Å²) >= 11 is 0. The van der Waals surface area contributed by atoms with Crippen LogP contribution in [0.5, 0.6) is 0 Å². The summed E-state index contributed by atoms with van der Waals surface area (Å²) in [5, 5.41) is 3.94. The Morgan fingerprint density at radius 2 is 2.21 bits per heavy atom. The van der Waals surface area contributed by atoms with E-state index in [1.165, 1.54) is 6.33 Å². The van der Waals surface area contributed by atoms with Crippen molar-refractivity contribution in [3.8, 4) is 0 Å². The molecule has 6 nitrogen and oxygen atoms in total. The molecular weight excluding hydrogens is 264 g/mol. The summed E-state index contributed by atoms with van der Waals surface area (Å²) in [5.41, 5.74) is 0.909. The van der Waals surface area contributed by atoms with E-state index in [0.29, 0.717) is 6.54 Å². The standard InChI is InChI=1S/C12H16N4O2S/c1-10-4-3-5-12(6-10)19(17,18)15-11(2)7-16-9-13-8-14-16/h3-6,8-9,11,15H,7H2,1-2H3. The zero-order valence-electron chi connectivity index (χ0n) is 10.8. The number of hydrogen-bond donors (Lipinski definition) is 1. The third-order valence-electron chi connectivity index (χ3n) is 2.58. The second-order valence-corrected chi connectivity index (χ2v) is 6.17. The van der Waals surface area contributed by atoms with Crippen LogP contribution in [-0.2, 0) is 16.6 Å². The minimum Gasteiger partial charge on any atom is -0.251 e. The highest BCUT2D eigenvalue weighted by Crippen LogP contribution is 2.11. The van der Waals surface area contributed by atoms with Gasteiger partial charge in [0.15, 0.2) is 0 Å². The quantitative estimate of drug-likeness (QED) is 0.884. The van der Waals surface area contributed by atoms with E-state index < -0.39 is 10.0 Å². The zero-order valence-corrected chi connectivity index (χ0v) is 11.6. The van der Waals surface area contributed by atoms with E-state index in [4.69, 9.17) is 0 Å². The molecule has 1 N–H and O–H groups in total. The Morgan fingerprint density at radius 3 is 2.84 bits per heavy atom. The van der Waals surface area contributed by atoms with Crippen LogP contribution in [0.3, 0.4) is 0 Å². The van der Waals surface area contributed by atoms with Crippen LogP contribution in [0.2, 0.25) is 0 Å². The third kappa shape index (κ3) is 3.62. The van der Waals surface area contributed by atoms with E-state index in [-0.39, 0.29) is 10.9 Å². The monoisotopic (exact) mass is 280 g/mol. The van der Waals surface area contributed by atoms with Gasteiger partial charge in [-0.1, -0.05) is 12.1 Å². The lowest BCUT2D eigenvalue weighted by atomic mass is 10.2. The van der Waals surface area contributed by atoms with Crippen LogP contribution in [0.25, 0.3) is 0 Å². The number of sulfonamides is 1. The first kappa shape index (κ1) is 13.7. The maximum Gasteiger partial charge on any atom is 0.240 e. The molecule has 2 rings (SSSR count). The first-order valence-corrected chi connectivity index (χ1v) is 7.37. The summed E-state index contributed by atoms with van der Waals surface area (Å²) in [6.07, 6.45) is 2.97. The number of aromatic nitrogens is 3. The van der Waals surface area contributed by atoms with E-state index in [0.717, 1.165) is 5.56 Å². The van der Waals surface area contributed by atoms with E-state index in [1.807, 2.05) is 13.0 Å². The van der Waals surface area contributed by atoms with Crippen LogP contribution in [0.1, 0.15) is 12.5 Å². The first-order chi connectivity index (χ1) is 8.97. The van der Waals surface area contributed by atoms with Gasteiger partial charge < -0.3 is 0 Å². The summed E-state index contributed by atoms with van der Waals surface area (Å²) in [7, 11) is -3.50. The highest BCUT2D eigenvalue weighted by atomic mass is 32.2. The van der Waals surface area contributed by atoms with Crippen molar-refractivity contribution in [2.75, 3.05) is 0 Å². The van der Waals surface area contributed by atoms with Crippen molar-refractivity contribution < 1.29 is 8.42 Å². The maximum atomic E-state index is 12.2. The van der Waals surface area contributed by atoms with Gasteiger partial charge in [-0.05, 0) is 31.5 Å². The Bertz CT molecular complexity index is 638. The molecule has 0 aliphatic heterocycles. The molecule has 1 unspecified atom stereocenters. The van der Waals surface area contributed by atoms with Crippen LogP contribution in [-0.4, -0.2) is 29.2 Å². The molecule has 0 spiro atoms. The molecule has 1 heterocycles. The topological polar surface area (TPSA) is 76.9 Å². The van der Waals surface area contributed by atoms with Crippen molar-refractivity contribution in [1.29, 1.82) is 0 Å². The fourth-order valence-electron chi connectivity index (χ4n) is 1.76. The molecule has 19 heavy (non-hydrogen) atoms. The molecule has 0 bridgehead atoms. The lowest BCUT2D eigenvalue weighted by molar-refractivity contribution is 0.493. The van der Waals surface area contributed by atoms with Crippen LogP contribution in [0.4, 0.5) is 0 Å². The molecule has 1 aromatic heterocycles. The summed E-state index contributed by atoms with van der Waals surface area (Å²) in [6, 6.07) is 6.54. The molecule has 0 aliphatic rings. The van der Waals surface area contributed by atoms with Crippen molar-refractivity contribution >= 4 is 10.0 Å². The van der Waals surface area contributed by atoms with Crippen LogP contribution in [0.15, 0.2) is 41.8 Å². The molecule has 0 fully saturated rings. The number of rotatable bonds is 5. The number of hydrogen-bond acceptors (Lipinski definition) is 4. The maximum absolute atomic E-state index is 12.2. The van der Waals surface area contributed by atoms with E-state index in [9.17, 15) is 8.42 Å². The van der Waals surface area contributed by atoms with Crippen molar-refractivity contribution in [1.82, 2.24) is 19.5 Å². The molecule has 102 valence electrons. The Labute approximate surface area is 112 Å². The van der Waals surface area contributed by atoms with Gasteiger partial charge in [0.25, 0.3) is 0 Å². The highest BCUT2D eigenvalue weighted by molar-refractivity contribution is 7.89. The van der Waals surface area contributed by atoms with Crippen molar-refractivity contribution in [2.45, 2.75) is 31.3 Å². The minimum atomic E-state index is -3.50. The average Bonchev–Trinajstić information content (AvgIpc) is 2.81. The van der Waals surface area contributed by atoms with Gasteiger partial charge >= 0.3 is 0 Å². The second-order valence-electron chi connectivity index (χ2n) is 4.46. The van der Waals surface area contributed by atoms with Gasteiger partial charge in [0.05, 0.1) is 11.4 Å². The minimum absolute atomic E-state index is 0.271. The average molecular weight is 280 g/mol. The Kier molecular flexibility index (Phi) is 3.96. The zero-order chi connectivity index (χ0) is 13.9. The SMILES string of the molecule is Cc1cccc(S(=O)(=O)NC(C)Cn2cncn2)c1. The van der Waals surface area contributed by atoms with Crippen molar-refractivity contribution in [3.63, 3.8) is 0 Å². The van der Waals surface area contributed by atoms with Crippen LogP contribution >= 0.6 is 0 Å². The van der Waals surface area contributed by atoms with E-state index in [2.05, 4.69) is 14.8 Å². The van der Waals surface area contributed by atoms with Gasteiger partial charge in [-0.3, -0.25) is 4.68 Å². The van der Waals surface area contributed by atoms with Crippen LogP contribution < -0.4 is 4.72 Å². The lowest BCUT2D eigenvalue weighted by Crippen LogP contribution is -2.35. The molecule has 1 atom stereocenters. The molecule has 0 saturated heterocycles. The molecule has 2 aromatic rings. The predicted octanol–water partition coefficient (Wildman–Crippen LogP) is 0.954. The Hall–Kier alpha value is -1.73. The molecule has 0 radical (unpaired) electrons. The summed E-state index contributed by atoms with van der Waals surface area (Å²) in [4.78, 5) is 4.09. The van der Waals surface area contributed by atoms with Gasteiger partial charge in [0.2, 0.25) is 10.0 Å². The molecule has 1 aromatic carbocycles. The Morgan fingerprint density at radius 1 is 1.42 bits per heavy atom. The highest BCUT2D eigenvalue weighted by Gasteiger charge is 2.17. The predicted molar refractivity (Wildman–Crippen MR) is 71.0 cm³/mol. The number of nitrogens with one attached hydrogen (secondary N) is 1. The molecular formula is C12H16N4O2S.